The van der Waals surface area contributed by atoms with Gasteiger partial charge in [0.15, 0.2) is 17.3 Å². The third-order valence-electron chi connectivity index (χ3n) is 3.44. The summed E-state index contributed by atoms with van der Waals surface area (Å²) >= 11 is 0. The first-order valence-corrected chi connectivity index (χ1v) is 7.52. The number of nitrogens with zero attached hydrogens (tertiary/aromatic N) is 4. The minimum absolute atomic E-state index is 0.0524. The molecule has 0 radical (unpaired) electrons. The maximum absolute atomic E-state index is 12.1. The number of benzene rings is 1. The molecule has 2 heterocycles. The maximum Gasteiger partial charge on any atom is 0.278 e. The zero-order chi connectivity index (χ0) is 19.4. The fraction of sp³-hybridized carbons (Fsp3) is 0. The monoisotopic (exact) mass is 367 g/mol. The molecule has 0 spiro atoms. The lowest BCUT2D eigenvalue weighted by Gasteiger charge is -2.05. The lowest BCUT2D eigenvalue weighted by atomic mass is 10.2. The number of nitrogens with one attached hydrogen (secondary N) is 1. The molecule has 0 aliphatic rings. The Hall–Kier alpha value is -4.21. The molecule has 1 amide bonds. The predicted molar refractivity (Wildman–Crippen MR) is 93.4 cm³/mol. The Morgan fingerprint density at radius 1 is 1.04 bits per heavy atom. The van der Waals surface area contributed by atoms with Crippen LogP contribution in [0.2, 0.25) is 0 Å². The Morgan fingerprint density at radius 3 is 2.56 bits per heavy atom. The van der Waals surface area contributed by atoms with Gasteiger partial charge in [-0.05, 0) is 24.3 Å². The number of amides is 1. The number of carbonyl (C=O) groups is 1. The lowest BCUT2D eigenvalue weighted by Crippen LogP contribution is -2.18. The van der Waals surface area contributed by atoms with Gasteiger partial charge in [0, 0.05) is 18.0 Å². The van der Waals surface area contributed by atoms with Crippen LogP contribution in [0.15, 0.2) is 47.8 Å². The zero-order valence-electron chi connectivity index (χ0n) is 13.6. The van der Waals surface area contributed by atoms with Crippen LogP contribution in [0.5, 0.6) is 23.1 Å². The Balaban J connectivity index is 1.74. The number of phenolic OH excluding ortho intramolecular Hbond substituents is 3. The summed E-state index contributed by atoms with van der Waals surface area (Å²) in [5, 5.41) is 41.9. The van der Waals surface area contributed by atoms with Crippen molar-refractivity contribution in [3.63, 3.8) is 0 Å². The number of carbonyl (C=O) groups excluding carboxylic acids is 1. The molecular weight excluding hydrogens is 354 g/mol. The predicted octanol–water partition coefficient (Wildman–Crippen LogP) is 1.12. The van der Waals surface area contributed by atoms with Crippen molar-refractivity contribution in [2.45, 2.75) is 0 Å². The van der Waals surface area contributed by atoms with Gasteiger partial charge in [0.1, 0.15) is 11.3 Å². The summed E-state index contributed by atoms with van der Waals surface area (Å²) in [5.41, 5.74) is 2.39. The van der Waals surface area contributed by atoms with Crippen LogP contribution in [0.3, 0.4) is 0 Å². The van der Waals surface area contributed by atoms with Crippen LogP contribution >= 0.6 is 0 Å². The average Bonchev–Trinajstić information content (AvgIpc) is 2.68. The van der Waals surface area contributed by atoms with Gasteiger partial charge in [-0.3, -0.25) is 9.78 Å². The molecule has 0 unspecified atom stereocenters. The van der Waals surface area contributed by atoms with Gasteiger partial charge in [-0.25, -0.2) is 10.4 Å². The highest BCUT2D eigenvalue weighted by atomic mass is 16.3. The van der Waals surface area contributed by atoms with Crippen molar-refractivity contribution in [3.05, 3.63) is 53.9 Å². The Kier molecular flexibility index (Phi) is 4.79. The van der Waals surface area contributed by atoms with E-state index in [0.29, 0.717) is 5.69 Å². The number of hydrogen-bond donors (Lipinski definition) is 5. The normalized spacial score (nSPS) is 10.8. The van der Waals surface area contributed by atoms with E-state index in [2.05, 4.69) is 25.5 Å². The topological polar surface area (TPSA) is 161 Å². The molecule has 0 atom stereocenters. The Bertz CT molecular complexity index is 1020. The van der Waals surface area contributed by atoms with E-state index in [-0.39, 0.29) is 17.0 Å². The second-order valence-electron chi connectivity index (χ2n) is 5.22. The van der Waals surface area contributed by atoms with Crippen LogP contribution < -0.4 is 5.43 Å². The molecule has 0 fully saturated rings. The van der Waals surface area contributed by atoms with Crippen molar-refractivity contribution >= 4 is 12.1 Å². The number of phenols is 3. The highest BCUT2D eigenvalue weighted by Crippen LogP contribution is 2.36. The summed E-state index contributed by atoms with van der Waals surface area (Å²) in [6, 6.07) is 7.53. The molecule has 0 bridgehead atoms. The summed E-state index contributed by atoms with van der Waals surface area (Å²) in [6.07, 6.45) is 3.72. The van der Waals surface area contributed by atoms with Gasteiger partial charge in [0.25, 0.3) is 5.91 Å². The summed E-state index contributed by atoms with van der Waals surface area (Å²) < 4.78 is 0. The van der Waals surface area contributed by atoms with Crippen molar-refractivity contribution in [1.82, 2.24) is 20.4 Å². The molecule has 136 valence electrons. The molecule has 10 heteroatoms. The van der Waals surface area contributed by atoms with E-state index in [1.165, 1.54) is 6.07 Å². The van der Waals surface area contributed by atoms with Gasteiger partial charge in [0.05, 0.1) is 6.21 Å². The van der Waals surface area contributed by atoms with Crippen molar-refractivity contribution in [1.29, 1.82) is 0 Å². The second-order valence-corrected chi connectivity index (χ2v) is 5.22. The largest absolute Gasteiger partial charge is 0.504 e. The minimum Gasteiger partial charge on any atom is -0.504 e. The zero-order valence-corrected chi connectivity index (χ0v) is 13.6. The molecule has 2 aromatic heterocycles. The van der Waals surface area contributed by atoms with Crippen molar-refractivity contribution in [3.8, 4) is 34.6 Å². The molecule has 27 heavy (non-hydrogen) atoms. The van der Waals surface area contributed by atoms with Gasteiger partial charge in [-0.15, -0.1) is 0 Å². The molecule has 1 aromatic carbocycles. The Labute approximate surface area is 152 Å². The van der Waals surface area contributed by atoms with Gasteiger partial charge < -0.3 is 20.4 Å². The number of aromatic nitrogens is 3. The SMILES string of the molecule is O=C(N/N=C/c1ccc(O)c(O)c1O)c1cnc(-c2ccccn2)nc1O. The van der Waals surface area contributed by atoms with Crippen molar-refractivity contribution < 1.29 is 25.2 Å². The van der Waals surface area contributed by atoms with Gasteiger partial charge in [0.2, 0.25) is 11.6 Å². The molecule has 0 aliphatic carbocycles. The van der Waals surface area contributed by atoms with Crippen LogP contribution in [-0.2, 0) is 0 Å². The molecule has 3 rings (SSSR count). The van der Waals surface area contributed by atoms with E-state index >= 15 is 0 Å². The van der Waals surface area contributed by atoms with E-state index in [1.54, 1.807) is 24.4 Å². The molecule has 0 saturated carbocycles. The third-order valence-corrected chi connectivity index (χ3v) is 3.44. The summed E-state index contributed by atoms with van der Waals surface area (Å²) in [6.45, 7) is 0. The highest BCUT2D eigenvalue weighted by Gasteiger charge is 2.15. The summed E-state index contributed by atoms with van der Waals surface area (Å²) in [7, 11) is 0. The highest BCUT2D eigenvalue weighted by molar-refractivity contribution is 5.97. The van der Waals surface area contributed by atoms with Gasteiger partial charge in [-0.1, -0.05) is 6.07 Å². The van der Waals surface area contributed by atoms with Gasteiger partial charge in [-0.2, -0.15) is 10.1 Å². The van der Waals surface area contributed by atoms with Crippen molar-refractivity contribution in [2.24, 2.45) is 5.10 Å². The van der Waals surface area contributed by atoms with Crippen LogP contribution in [-0.4, -0.2) is 47.5 Å². The first-order valence-electron chi connectivity index (χ1n) is 7.52. The summed E-state index contributed by atoms with van der Waals surface area (Å²) in [4.78, 5) is 23.9. The van der Waals surface area contributed by atoms with Crippen LogP contribution in [0.4, 0.5) is 0 Å². The molecule has 5 N–H and O–H groups in total. The lowest BCUT2D eigenvalue weighted by molar-refractivity contribution is 0.0951. The molecular formula is C17H13N5O5. The molecule has 0 saturated heterocycles. The quantitative estimate of drug-likeness (QED) is 0.260. The standard InChI is InChI=1S/C17H13N5O5/c23-12-5-4-9(13(24)14(12)25)7-20-22-17(27)10-8-19-15(21-16(10)26)11-3-1-2-6-18-11/h1-8,23-25H,(H,22,27)(H,19,21,26)/b20-7+. The van der Waals surface area contributed by atoms with E-state index in [1.807, 2.05) is 0 Å². The number of pyridine rings is 1. The van der Waals surface area contributed by atoms with E-state index < -0.39 is 29.0 Å². The maximum atomic E-state index is 12.1. The number of rotatable bonds is 4. The van der Waals surface area contributed by atoms with Crippen LogP contribution in [0.25, 0.3) is 11.5 Å². The van der Waals surface area contributed by atoms with Crippen molar-refractivity contribution in [2.75, 3.05) is 0 Å². The Morgan fingerprint density at radius 2 is 1.85 bits per heavy atom. The number of aromatic hydroxyl groups is 4. The molecule has 3 aromatic rings. The smallest absolute Gasteiger partial charge is 0.278 e. The fourth-order valence-electron chi connectivity index (χ4n) is 2.06. The average molecular weight is 367 g/mol. The van der Waals surface area contributed by atoms with Crippen LogP contribution in [0, 0.1) is 0 Å². The van der Waals surface area contributed by atoms with Crippen LogP contribution in [0.1, 0.15) is 15.9 Å². The number of hydrogen-bond acceptors (Lipinski definition) is 9. The van der Waals surface area contributed by atoms with Gasteiger partial charge >= 0.3 is 0 Å². The van der Waals surface area contributed by atoms with E-state index in [9.17, 15) is 25.2 Å². The second kappa shape index (κ2) is 7.35. The minimum atomic E-state index is -0.793. The van der Waals surface area contributed by atoms with E-state index in [0.717, 1.165) is 18.5 Å². The first-order chi connectivity index (χ1) is 13.0. The fourth-order valence-corrected chi connectivity index (χ4v) is 2.06. The third kappa shape index (κ3) is 3.74. The number of hydrazone groups is 1. The summed E-state index contributed by atoms with van der Waals surface area (Å²) in [5.74, 6) is -3.00. The molecule has 0 aliphatic heterocycles. The molecule has 10 nitrogen and oxygen atoms in total. The first kappa shape index (κ1) is 17.6. The van der Waals surface area contributed by atoms with E-state index in [4.69, 9.17) is 0 Å².